The average Bonchev–Trinajstić information content (AvgIpc) is 2.94. The quantitative estimate of drug-likeness (QED) is 0.550. The first-order valence-electron chi connectivity index (χ1n) is 5.78. The predicted molar refractivity (Wildman–Crippen MR) is 69.0 cm³/mol. The van der Waals surface area contributed by atoms with Crippen LogP contribution in [0.3, 0.4) is 0 Å². The van der Waals surface area contributed by atoms with Gasteiger partial charge in [0.05, 0.1) is 0 Å². The van der Waals surface area contributed by atoms with Gasteiger partial charge in [-0.25, -0.2) is 0 Å². The third-order valence-corrected chi connectivity index (χ3v) is 4.21. The summed E-state index contributed by atoms with van der Waals surface area (Å²) in [7, 11) is 0. The van der Waals surface area contributed by atoms with Crippen LogP contribution in [-0.2, 0) is 4.74 Å². The fraction of sp³-hybridized carbons (Fsp3) is 0.500. The van der Waals surface area contributed by atoms with Gasteiger partial charge in [-0.1, -0.05) is 0 Å². The minimum absolute atomic E-state index is 0.271. The van der Waals surface area contributed by atoms with Gasteiger partial charge in [-0.05, 0) is 0 Å². The van der Waals surface area contributed by atoms with E-state index in [1.165, 1.54) is 29.5 Å². The third-order valence-electron chi connectivity index (χ3n) is 3.23. The molecule has 19 heavy (non-hydrogen) atoms. The zero-order chi connectivity index (χ0) is 13.6. The van der Waals surface area contributed by atoms with Crippen LogP contribution in [-0.4, -0.2) is 64.9 Å². The first-order chi connectivity index (χ1) is 9.13. The Morgan fingerprint density at radius 1 is 1.32 bits per heavy atom. The standard InChI is InChI=1S/C10H14AsN5O3/c11-1-4-6(17)7(18)10(19-4)16-3-15-5-8(12)13-2-14-9(5)16/h2-4,6-7,10,17-18H,1,11H2,(H2,12,13,14)/t4-,6-,7-,10-/m1/s1. The van der Waals surface area contributed by atoms with Gasteiger partial charge in [0, 0.05) is 0 Å². The third kappa shape index (κ3) is 1.91. The molecule has 4 N–H and O–H groups in total. The Labute approximate surface area is 117 Å². The molecular formula is C10H14AsN5O3. The molecule has 102 valence electrons. The molecule has 1 unspecified atom stereocenters. The number of nitrogens with two attached hydrogens (primary N) is 1. The van der Waals surface area contributed by atoms with Crippen molar-refractivity contribution in [2.24, 2.45) is 0 Å². The second-order valence-corrected chi connectivity index (χ2v) is 5.35. The molecule has 0 saturated carbocycles. The van der Waals surface area contributed by atoms with Gasteiger partial charge in [0.1, 0.15) is 0 Å². The van der Waals surface area contributed by atoms with Gasteiger partial charge < -0.3 is 0 Å². The number of aromatic nitrogens is 4. The topological polar surface area (TPSA) is 119 Å². The monoisotopic (exact) mass is 327 g/mol. The molecule has 5 atom stereocenters. The summed E-state index contributed by atoms with van der Waals surface area (Å²) in [6.45, 7) is 0. The number of nitrogen functional groups attached to an aromatic ring is 1. The van der Waals surface area contributed by atoms with Crippen LogP contribution in [0.25, 0.3) is 11.2 Å². The van der Waals surface area contributed by atoms with E-state index in [1.807, 2.05) is 0 Å². The van der Waals surface area contributed by atoms with Gasteiger partial charge in [0.15, 0.2) is 0 Å². The first-order valence-corrected chi connectivity index (χ1v) is 7.49. The number of anilines is 1. The van der Waals surface area contributed by atoms with Crippen LogP contribution in [0.5, 0.6) is 0 Å². The molecule has 0 amide bonds. The number of nitrogens with zero attached hydrogens (tertiary/aromatic N) is 4. The summed E-state index contributed by atoms with van der Waals surface area (Å²) in [5.74, 6) is 0.271. The molecule has 9 heteroatoms. The zero-order valence-electron chi connectivity index (χ0n) is 9.92. The Morgan fingerprint density at radius 2 is 2.11 bits per heavy atom. The van der Waals surface area contributed by atoms with Crippen molar-refractivity contribution >= 4 is 33.8 Å². The summed E-state index contributed by atoms with van der Waals surface area (Å²) in [6, 6.07) is 0. The number of rotatable bonds is 2. The molecule has 0 aromatic carbocycles. The van der Waals surface area contributed by atoms with Crippen LogP contribution in [0, 0.1) is 0 Å². The van der Waals surface area contributed by atoms with Crippen molar-refractivity contribution in [1.82, 2.24) is 19.5 Å². The van der Waals surface area contributed by atoms with Crippen molar-refractivity contribution in [3.05, 3.63) is 12.7 Å². The average molecular weight is 327 g/mol. The fourth-order valence-corrected chi connectivity index (χ4v) is 3.03. The van der Waals surface area contributed by atoms with Gasteiger partial charge >= 0.3 is 116 Å². The van der Waals surface area contributed by atoms with Gasteiger partial charge in [0.25, 0.3) is 0 Å². The van der Waals surface area contributed by atoms with E-state index in [1.54, 1.807) is 4.57 Å². The number of hydrogen-bond donors (Lipinski definition) is 3. The van der Waals surface area contributed by atoms with Crippen molar-refractivity contribution in [3.63, 3.8) is 0 Å². The molecule has 0 bridgehead atoms. The van der Waals surface area contributed by atoms with E-state index in [4.69, 9.17) is 10.5 Å². The second-order valence-electron chi connectivity index (χ2n) is 4.36. The van der Waals surface area contributed by atoms with E-state index < -0.39 is 18.4 Å². The molecule has 1 saturated heterocycles. The number of hydrogen-bond acceptors (Lipinski definition) is 7. The molecule has 0 radical (unpaired) electrons. The zero-order valence-corrected chi connectivity index (χ0v) is 12.3. The van der Waals surface area contributed by atoms with E-state index in [0.717, 1.165) is 0 Å². The number of aliphatic hydroxyl groups excluding tert-OH is 2. The van der Waals surface area contributed by atoms with E-state index in [-0.39, 0.29) is 11.9 Å². The van der Waals surface area contributed by atoms with E-state index >= 15 is 0 Å². The maximum atomic E-state index is 10.1. The molecule has 0 aliphatic carbocycles. The Hall–Kier alpha value is -1.21. The molecule has 1 fully saturated rings. The molecule has 2 aromatic heterocycles. The first kappa shape index (κ1) is 12.8. The molecule has 3 heterocycles. The Kier molecular flexibility index (Phi) is 3.18. The molecule has 1 aliphatic heterocycles. The van der Waals surface area contributed by atoms with Crippen LogP contribution in [0.2, 0.25) is 5.21 Å². The number of aliphatic hydroxyl groups is 2. The van der Waals surface area contributed by atoms with Crippen molar-refractivity contribution in [3.8, 4) is 0 Å². The van der Waals surface area contributed by atoms with Gasteiger partial charge in [-0.3, -0.25) is 0 Å². The SMILES string of the molecule is Nc1ncnc2c1ncn2[C@@H]1O[C@H](C[AsH2])[C@@H](O)[C@H]1O. The Balaban J connectivity index is 2.04. The Bertz CT molecular complexity index is 606. The van der Waals surface area contributed by atoms with Crippen LogP contribution in [0.4, 0.5) is 5.82 Å². The summed E-state index contributed by atoms with van der Waals surface area (Å²) in [5, 5.41) is 20.6. The summed E-state index contributed by atoms with van der Waals surface area (Å²) in [4.78, 5) is 12.1. The maximum absolute atomic E-state index is 10.1. The van der Waals surface area contributed by atoms with Gasteiger partial charge in [-0.2, -0.15) is 0 Å². The fourth-order valence-electron chi connectivity index (χ4n) is 2.21. The number of fused-ring (bicyclic) bond motifs is 1. The van der Waals surface area contributed by atoms with E-state index in [9.17, 15) is 10.2 Å². The van der Waals surface area contributed by atoms with E-state index in [2.05, 4.69) is 15.0 Å². The molecule has 1 aliphatic rings. The minimum atomic E-state index is -1.02. The normalized spacial score (nSPS) is 31.1. The van der Waals surface area contributed by atoms with Gasteiger partial charge in [0.2, 0.25) is 0 Å². The van der Waals surface area contributed by atoms with Crippen molar-refractivity contribution < 1.29 is 14.9 Å². The van der Waals surface area contributed by atoms with Crippen LogP contribution >= 0.6 is 0 Å². The van der Waals surface area contributed by atoms with Crippen LogP contribution in [0.1, 0.15) is 6.23 Å². The summed E-state index contributed by atoms with van der Waals surface area (Å²) >= 11 is 1.44. The van der Waals surface area contributed by atoms with Crippen LogP contribution in [0.15, 0.2) is 12.7 Å². The molecule has 3 rings (SSSR count). The van der Waals surface area contributed by atoms with Gasteiger partial charge in [-0.15, -0.1) is 0 Å². The molecular weight excluding hydrogens is 313 g/mol. The molecule has 2 aromatic rings. The second kappa shape index (κ2) is 4.72. The van der Waals surface area contributed by atoms with E-state index in [0.29, 0.717) is 16.4 Å². The summed E-state index contributed by atoms with van der Waals surface area (Å²) in [5.41, 5.74) is 6.64. The number of imidazole rings is 1. The summed E-state index contributed by atoms with van der Waals surface area (Å²) < 4.78 is 7.24. The van der Waals surface area contributed by atoms with Crippen molar-refractivity contribution in [2.45, 2.75) is 29.7 Å². The number of ether oxygens (including phenoxy) is 1. The molecule has 8 nitrogen and oxygen atoms in total. The Morgan fingerprint density at radius 3 is 2.79 bits per heavy atom. The van der Waals surface area contributed by atoms with Crippen molar-refractivity contribution in [1.29, 1.82) is 0 Å². The predicted octanol–water partition coefficient (Wildman–Crippen LogP) is -1.92. The molecule has 0 spiro atoms. The van der Waals surface area contributed by atoms with Crippen LogP contribution < -0.4 is 5.73 Å². The summed E-state index contributed by atoms with van der Waals surface area (Å²) in [6.07, 6.45) is -0.206. The van der Waals surface area contributed by atoms with Crippen molar-refractivity contribution in [2.75, 3.05) is 5.73 Å².